The smallest absolute Gasteiger partial charge is 0.260 e. The number of aromatic nitrogens is 1. The molecule has 0 bridgehead atoms. The second kappa shape index (κ2) is 7.21. The zero-order valence-electron chi connectivity index (χ0n) is 12.2. The molecule has 0 saturated carbocycles. The van der Waals surface area contributed by atoms with Crippen molar-refractivity contribution in [3.63, 3.8) is 0 Å². The third-order valence-electron chi connectivity index (χ3n) is 3.06. The summed E-state index contributed by atoms with van der Waals surface area (Å²) in [5.74, 6) is -0.204. The van der Waals surface area contributed by atoms with E-state index in [4.69, 9.17) is 0 Å². The molecule has 1 amide bonds. The van der Waals surface area contributed by atoms with Crippen LogP contribution in [0.15, 0.2) is 58.6 Å². The minimum atomic E-state index is -0.377. The normalized spacial score (nSPS) is 11.2. The number of nitrogens with zero attached hydrogens (tertiary/aromatic N) is 2. The molecule has 6 heteroatoms. The summed E-state index contributed by atoms with van der Waals surface area (Å²) >= 11 is 0. The molecule has 0 aliphatic carbocycles. The molecule has 0 unspecified atom stereocenters. The number of hydrazone groups is 1. The zero-order chi connectivity index (χ0) is 15.9. The van der Waals surface area contributed by atoms with Crippen LogP contribution in [0.5, 0.6) is 5.75 Å². The minimum Gasteiger partial charge on any atom is -0.508 e. The molecule has 1 aromatic carbocycles. The highest BCUT2D eigenvalue weighted by atomic mass is 16.3. The van der Waals surface area contributed by atoms with E-state index in [-0.39, 0.29) is 23.8 Å². The van der Waals surface area contributed by atoms with Crippen LogP contribution < -0.4 is 11.0 Å². The molecule has 1 heterocycles. The van der Waals surface area contributed by atoms with E-state index in [1.54, 1.807) is 42.6 Å². The van der Waals surface area contributed by atoms with Gasteiger partial charge in [-0.15, -0.1) is 0 Å². The minimum absolute atomic E-state index is 0.0876. The van der Waals surface area contributed by atoms with Crippen LogP contribution in [0.3, 0.4) is 0 Å². The number of amides is 1. The van der Waals surface area contributed by atoms with E-state index in [0.717, 1.165) is 5.56 Å². The van der Waals surface area contributed by atoms with Gasteiger partial charge in [0, 0.05) is 12.3 Å². The van der Waals surface area contributed by atoms with E-state index in [1.807, 2.05) is 6.92 Å². The van der Waals surface area contributed by atoms with E-state index >= 15 is 0 Å². The maximum Gasteiger partial charge on any atom is 0.260 e. The van der Waals surface area contributed by atoms with Gasteiger partial charge in [-0.05, 0) is 42.3 Å². The zero-order valence-corrected chi connectivity index (χ0v) is 12.2. The Hall–Kier alpha value is -2.89. The summed E-state index contributed by atoms with van der Waals surface area (Å²) < 4.78 is 1.30. The standard InChI is InChI=1S/C16H17N3O3/c1-2-14(12-6-8-13(20)9-7-12)17-18-15(21)11-19-10-4-3-5-16(19)22/h3-10,20H,2,11H2,1H3,(H,18,21)/b17-14+. The Morgan fingerprint density at radius 3 is 2.59 bits per heavy atom. The first kappa shape index (κ1) is 15.5. The molecule has 0 aliphatic rings. The number of aromatic hydroxyl groups is 1. The van der Waals surface area contributed by atoms with Crippen molar-refractivity contribution in [2.45, 2.75) is 19.9 Å². The second-order valence-electron chi connectivity index (χ2n) is 4.66. The first-order valence-corrected chi connectivity index (χ1v) is 6.90. The monoisotopic (exact) mass is 299 g/mol. The number of benzene rings is 1. The Balaban J connectivity index is 2.05. The second-order valence-corrected chi connectivity index (χ2v) is 4.66. The van der Waals surface area contributed by atoms with Gasteiger partial charge in [-0.25, -0.2) is 5.43 Å². The predicted molar refractivity (Wildman–Crippen MR) is 83.8 cm³/mol. The first-order valence-electron chi connectivity index (χ1n) is 6.90. The summed E-state index contributed by atoms with van der Waals surface area (Å²) in [6, 6.07) is 11.3. The van der Waals surface area contributed by atoms with Crippen LogP contribution in [0, 0.1) is 0 Å². The molecule has 0 saturated heterocycles. The Labute approximate surface area is 127 Å². The average molecular weight is 299 g/mol. The predicted octanol–water partition coefficient (Wildman–Crippen LogP) is 1.48. The van der Waals surface area contributed by atoms with Crippen molar-refractivity contribution in [3.05, 3.63) is 64.6 Å². The summed E-state index contributed by atoms with van der Waals surface area (Å²) in [6.07, 6.45) is 2.17. The van der Waals surface area contributed by atoms with Crippen molar-refractivity contribution in [3.8, 4) is 5.75 Å². The molecule has 6 nitrogen and oxygen atoms in total. The van der Waals surface area contributed by atoms with Crippen LogP contribution in [0.4, 0.5) is 0 Å². The third-order valence-corrected chi connectivity index (χ3v) is 3.06. The Kier molecular flexibility index (Phi) is 5.08. The number of phenols is 1. The van der Waals surface area contributed by atoms with Crippen molar-refractivity contribution in [2.24, 2.45) is 5.10 Å². The van der Waals surface area contributed by atoms with E-state index in [0.29, 0.717) is 12.1 Å². The molecule has 0 atom stereocenters. The fraction of sp³-hybridized carbons (Fsp3) is 0.188. The summed E-state index contributed by atoms with van der Waals surface area (Å²) in [7, 11) is 0. The maximum atomic E-state index is 11.9. The van der Waals surface area contributed by atoms with Crippen LogP contribution in [-0.4, -0.2) is 21.3 Å². The fourth-order valence-electron chi connectivity index (χ4n) is 1.91. The largest absolute Gasteiger partial charge is 0.508 e. The van der Waals surface area contributed by atoms with Crippen molar-refractivity contribution in [1.29, 1.82) is 0 Å². The van der Waals surface area contributed by atoms with Crippen LogP contribution in [-0.2, 0) is 11.3 Å². The van der Waals surface area contributed by atoms with Gasteiger partial charge in [0.2, 0.25) is 0 Å². The SMILES string of the molecule is CC/C(=N\NC(=O)Cn1ccccc1=O)c1ccc(O)cc1. The number of pyridine rings is 1. The topological polar surface area (TPSA) is 83.7 Å². The maximum absolute atomic E-state index is 11.9. The molecule has 0 aliphatic heterocycles. The fourth-order valence-corrected chi connectivity index (χ4v) is 1.91. The summed E-state index contributed by atoms with van der Waals surface area (Å²) in [5.41, 5.74) is 3.72. The van der Waals surface area contributed by atoms with Crippen molar-refractivity contribution < 1.29 is 9.90 Å². The quantitative estimate of drug-likeness (QED) is 0.648. The highest BCUT2D eigenvalue weighted by molar-refractivity contribution is 6.00. The number of nitrogens with one attached hydrogen (secondary N) is 1. The van der Waals surface area contributed by atoms with Gasteiger partial charge in [-0.1, -0.05) is 13.0 Å². The first-order chi connectivity index (χ1) is 10.6. The van der Waals surface area contributed by atoms with Gasteiger partial charge in [0.25, 0.3) is 11.5 Å². The molecule has 2 N–H and O–H groups in total. The lowest BCUT2D eigenvalue weighted by Gasteiger charge is -2.06. The van der Waals surface area contributed by atoms with Gasteiger partial charge in [0.1, 0.15) is 12.3 Å². The number of rotatable bonds is 5. The molecule has 1 aromatic heterocycles. The lowest BCUT2D eigenvalue weighted by molar-refractivity contribution is -0.121. The van der Waals surface area contributed by atoms with E-state index in [9.17, 15) is 14.7 Å². The summed E-state index contributed by atoms with van der Waals surface area (Å²) in [6.45, 7) is 1.83. The number of phenolic OH excluding ortho intramolecular Hbond substituents is 1. The molecular weight excluding hydrogens is 282 g/mol. The van der Waals surface area contributed by atoms with Gasteiger partial charge < -0.3 is 9.67 Å². The molecule has 2 aromatic rings. The average Bonchev–Trinajstić information content (AvgIpc) is 2.52. The van der Waals surface area contributed by atoms with Gasteiger partial charge in [0.05, 0.1) is 5.71 Å². The van der Waals surface area contributed by atoms with Gasteiger partial charge in [-0.2, -0.15) is 5.10 Å². The lowest BCUT2D eigenvalue weighted by Crippen LogP contribution is -2.29. The summed E-state index contributed by atoms with van der Waals surface area (Å²) in [4.78, 5) is 23.4. The molecule has 0 spiro atoms. The van der Waals surface area contributed by atoms with E-state index in [1.165, 1.54) is 10.6 Å². The molecule has 0 fully saturated rings. The van der Waals surface area contributed by atoms with Gasteiger partial charge in [-0.3, -0.25) is 9.59 Å². The van der Waals surface area contributed by atoms with Crippen LogP contribution in [0.2, 0.25) is 0 Å². The molecule has 0 radical (unpaired) electrons. The third kappa shape index (κ3) is 4.05. The number of hydrogen-bond acceptors (Lipinski definition) is 4. The highest BCUT2D eigenvalue weighted by Crippen LogP contribution is 2.11. The van der Waals surface area contributed by atoms with E-state index in [2.05, 4.69) is 10.5 Å². The van der Waals surface area contributed by atoms with E-state index < -0.39 is 0 Å². The Morgan fingerprint density at radius 1 is 1.23 bits per heavy atom. The lowest BCUT2D eigenvalue weighted by atomic mass is 10.1. The molecule has 22 heavy (non-hydrogen) atoms. The van der Waals surface area contributed by atoms with Crippen molar-refractivity contribution >= 4 is 11.6 Å². The molecule has 2 rings (SSSR count). The van der Waals surface area contributed by atoms with Gasteiger partial charge in [0.15, 0.2) is 0 Å². The Bertz CT molecular complexity index is 733. The van der Waals surface area contributed by atoms with Crippen LogP contribution in [0.1, 0.15) is 18.9 Å². The van der Waals surface area contributed by atoms with Crippen LogP contribution in [0.25, 0.3) is 0 Å². The van der Waals surface area contributed by atoms with Crippen molar-refractivity contribution in [2.75, 3.05) is 0 Å². The van der Waals surface area contributed by atoms with Crippen molar-refractivity contribution in [1.82, 2.24) is 9.99 Å². The number of hydrogen-bond donors (Lipinski definition) is 2. The molecular formula is C16H17N3O3. The summed E-state index contributed by atoms with van der Waals surface area (Å²) in [5, 5.41) is 13.4. The molecule has 114 valence electrons. The number of carbonyl (C=O) groups excluding carboxylic acids is 1. The van der Waals surface area contributed by atoms with Gasteiger partial charge >= 0.3 is 0 Å². The van der Waals surface area contributed by atoms with Crippen LogP contribution >= 0.6 is 0 Å². The number of carbonyl (C=O) groups is 1. The Morgan fingerprint density at radius 2 is 1.95 bits per heavy atom. The highest BCUT2D eigenvalue weighted by Gasteiger charge is 2.05.